The molecular formula is C63H49NO2. The molecule has 1 unspecified atom stereocenters. The molecule has 0 aromatic heterocycles. The van der Waals surface area contributed by atoms with Gasteiger partial charge >= 0.3 is 0 Å². The van der Waals surface area contributed by atoms with E-state index in [0.29, 0.717) is 5.75 Å². The first-order chi connectivity index (χ1) is 32.5. The third-order valence-corrected chi connectivity index (χ3v) is 13.4. The van der Waals surface area contributed by atoms with Crippen molar-refractivity contribution in [3.05, 3.63) is 247 Å². The molecule has 2 aliphatic rings. The number of benzene rings is 9. The van der Waals surface area contributed by atoms with Crippen molar-refractivity contribution < 1.29 is 9.47 Å². The Bertz CT molecular complexity index is 3280. The molecule has 3 nitrogen and oxygen atoms in total. The van der Waals surface area contributed by atoms with Crippen LogP contribution in [0, 0.1) is 0 Å². The van der Waals surface area contributed by atoms with Crippen molar-refractivity contribution in [3.8, 4) is 78.6 Å². The number of anilines is 3. The van der Waals surface area contributed by atoms with Crippen LogP contribution in [0.4, 0.5) is 17.1 Å². The van der Waals surface area contributed by atoms with Crippen LogP contribution in [0.5, 0.6) is 23.0 Å². The van der Waals surface area contributed by atoms with Crippen molar-refractivity contribution in [2.24, 2.45) is 0 Å². The van der Waals surface area contributed by atoms with Crippen molar-refractivity contribution in [2.75, 3.05) is 4.90 Å². The molecule has 1 aliphatic heterocycles. The molecule has 3 heteroatoms. The minimum absolute atomic E-state index is 0.294. The Morgan fingerprint density at radius 2 is 0.985 bits per heavy atom. The Morgan fingerprint density at radius 1 is 0.455 bits per heavy atom. The van der Waals surface area contributed by atoms with Crippen molar-refractivity contribution in [1.29, 1.82) is 0 Å². The number of allylic oxidation sites excluding steroid dienone is 4. The predicted octanol–water partition coefficient (Wildman–Crippen LogP) is 17.9. The summed E-state index contributed by atoms with van der Waals surface area (Å²) in [7, 11) is 0. The van der Waals surface area contributed by atoms with Gasteiger partial charge in [-0.1, -0.05) is 188 Å². The normalized spacial score (nSPS) is 14.7. The Kier molecular flexibility index (Phi) is 10.5. The molecule has 9 aromatic carbocycles. The smallest absolute Gasteiger partial charge is 0.178 e. The fraction of sp³-hybridized carbons (Fsp3) is 0.0794. The second-order valence-corrected chi connectivity index (χ2v) is 17.2. The van der Waals surface area contributed by atoms with Crippen LogP contribution < -0.4 is 14.4 Å². The maximum absolute atomic E-state index is 6.95. The summed E-state index contributed by atoms with van der Waals surface area (Å²) in [5.41, 5.74) is 18.1. The highest BCUT2D eigenvalue weighted by atomic mass is 16.6. The van der Waals surface area contributed by atoms with Gasteiger partial charge in [-0.25, -0.2) is 0 Å². The Labute approximate surface area is 388 Å². The van der Waals surface area contributed by atoms with Gasteiger partial charge in [0.2, 0.25) is 0 Å². The zero-order chi connectivity index (χ0) is 44.6. The molecule has 0 N–H and O–H groups in total. The van der Waals surface area contributed by atoms with E-state index in [1.165, 1.54) is 33.4 Å². The molecule has 66 heavy (non-hydrogen) atoms. The zero-order valence-electron chi connectivity index (χ0n) is 37.4. The summed E-state index contributed by atoms with van der Waals surface area (Å²) in [4.78, 5) is 2.35. The van der Waals surface area contributed by atoms with Crippen LogP contribution in [-0.4, -0.2) is 0 Å². The summed E-state index contributed by atoms with van der Waals surface area (Å²) < 4.78 is 13.9. The lowest BCUT2D eigenvalue weighted by Crippen LogP contribution is -2.23. The van der Waals surface area contributed by atoms with Gasteiger partial charge < -0.3 is 14.4 Å². The van der Waals surface area contributed by atoms with Crippen LogP contribution in [0.2, 0.25) is 0 Å². The molecule has 1 heterocycles. The van der Waals surface area contributed by atoms with Crippen LogP contribution in [-0.2, 0) is 5.41 Å². The number of fused-ring (bicyclic) bond motifs is 6. The van der Waals surface area contributed by atoms with Gasteiger partial charge in [0.1, 0.15) is 0 Å². The van der Waals surface area contributed by atoms with Gasteiger partial charge in [0.25, 0.3) is 0 Å². The van der Waals surface area contributed by atoms with E-state index in [4.69, 9.17) is 9.47 Å². The number of hydrogen-bond donors (Lipinski definition) is 0. The van der Waals surface area contributed by atoms with E-state index in [1.54, 1.807) is 0 Å². The summed E-state index contributed by atoms with van der Waals surface area (Å²) in [5.74, 6) is 2.93. The largest absolute Gasteiger partial charge is 0.449 e. The molecule has 0 saturated carbocycles. The minimum atomic E-state index is -0.294. The van der Waals surface area contributed by atoms with Gasteiger partial charge in [0.05, 0.1) is 0 Å². The molecule has 1 atom stereocenters. The maximum Gasteiger partial charge on any atom is 0.178 e. The molecule has 318 valence electrons. The van der Waals surface area contributed by atoms with Crippen LogP contribution in [0.15, 0.2) is 236 Å². The molecule has 0 spiro atoms. The summed E-state index contributed by atoms with van der Waals surface area (Å²) in [5, 5.41) is 0. The Hall–Kier alpha value is -8.14. The lowest BCUT2D eigenvalue weighted by atomic mass is 9.72. The molecule has 0 fully saturated rings. The van der Waals surface area contributed by atoms with Crippen LogP contribution >= 0.6 is 0 Å². The first kappa shape index (κ1) is 40.6. The van der Waals surface area contributed by atoms with Gasteiger partial charge in [0.15, 0.2) is 23.0 Å². The molecule has 0 amide bonds. The molecule has 9 aromatic rings. The highest BCUT2D eigenvalue weighted by Gasteiger charge is 2.44. The van der Waals surface area contributed by atoms with E-state index in [2.05, 4.69) is 250 Å². The second-order valence-electron chi connectivity index (χ2n) is 17.2. The van der Waals surface area contributed by atoms with Crippen molar-refractivity contribution in [3.63, 3.8) is 0 Å². The quantitative estimate of drug-likeness (QED) is 0.128. The molecule has 0 radical (unpaired) electrons. The van der Waals surface area contributed by atoms with E-state index in [0.717, 1.165) is 79.7 Å². The number of hydrogen-bond acceptors (Lipinski definition) is 3. The van der Waals surface area contributed by atoms with Gasteiger partial charge in [-0.3, -0.25) is 0 Å². The fourth-order valence-corrected chi connectivity index (χ4v) is 10.1. The lowest BCUT2D eigenvalue weighted by molar-refractivity contribution is 0.361. The van der Waals surface area contributed by atoms with Crippen molar-refractivity contribution >= 4 is 17.1 Å². The maximum atomic E-state index is 6.95. The minimum Gasteiger partial charge on any atom is -0.449 e. The van der Waals surface area contributed by atoms with Crippen molar-refractivity contribution in [2.45, 2.75) is 32.6 Å². The van der Waals surface area contributed by atoms with E-state index >= 15 is 0 Å². The number of nitrogens with zero attached hydrogens (tertiary/aromatic N) is 1. The number of para-hydroxylation sites is 2. The Morgan fingerprint density at radius 3 is 1.67 bits per heavy atom. The van der Waals surface area contributed by atoms with Crippen molar-refractivity contribution in [1.82, 2.24) is 0 Å². The van der Waals surface area contributed by atoms with Crippen LogP contribution in [0.3, 0.4) is 0 Å². The monoisotopic (exact) mass is 851 g/mol. The average Bonchev–Trinajstić information content (AvgIpc) is 3.65. The van der Waals surface area contributed by atoms with Crippen LogP contribution in [0.25, 0.3) is 55.6 Å². The molecule has 1 aliphatic carbocycles. The van der Waals surface area contributed by atoms with E-state index in [1.807, 2.05) is 6.07 Å². The van der Waals surface area contributed by atoms with Gasteiger partial charge in [0, 0.05) is 33.6 Å². The SMILES string of the molecule is C/C=C\C=C(/CC)C1(C)c2ccccc2-c2c1ccc1c2Oc2cccc(-c3ccc(-c4cc(-c5ccccc5)cc(N(c5ccccc5)c5ccc(-c6ccccc6)cc5)c4)cc3)c2O1. The third kappa shape index (κ3) is 7.10. The average molecular weight is 852 g/mol. The summed E-state index contributed by atoms with van der Waals surface area (Å²) in [6.07, 6.45) is 7.46. The van der Waals surface area contributed by atoms with E-state index in [-0.39, 0.29) is 5.41 Å². The standard InChI is InChI=1S/C63H49NO2/c1-4-6-23-50(5-2)63(3)56-28-17-16-26-55(56)60-57(63)38-39-59-62(60)66-58-29-18-27-54(61(58)65-59)47-32-30-46(31-33-47)49-40-48(44-21-12-8-13-22-44)41-53(42-49)64(51-24-14-9-15-25-51)52-36-34-45(35-37-52)43-19-10-7-11-20-43/h4,6-42H,5H2,1-3H3/b6-4-,50-23+. The first-order valence-electron chi connectivity index (χ1n) is 22.9. The highest BCUT2D eigenvalue weighted by molar-refractivity contribution is 5.91. The second kappa shape index (κ2) is 17.1. The fourth-order valence-electron chi connectivity index (χ4n) is 10.1. The van der Waals surface area contributed by atoms with Gasteiger partial charge in [-0.2, -0.15) is 0 Å². The lowest BCUT2D eigenvalue weighted by Gasteiger charge is -2.31. The summed E-state index contributed by atoms with van der Waals surface area (Å²) in [6, 6.07) is 75.7. The molecule has 0 saturated heterocycles. The van der Waals surface area contributed by atoms with Crippen LogP contribution in [0.1, 0.15) is 38.3 Å². The Balaban J connectivity index is 0.961. The number of rotatable bonds is 10. The summed E-state index contributed by atoms with van der Waals surface area (Å²) in [6.45, 7) is 6.67. The molecule has 11 rings (SSSR count). The number of ether oxygens (including phenoxy) is 2. The van der Waals surface area contributed by atoms with Gasteiger partial charge in [-0.05, 0) is 131 Å². The first-order valence-corrected chi connectivity index (χ1v) is 22.9. The summed E-state index contributed by atoms with van der Waals surface area (Å²) >= 11 is 0. The van der Waals surface area contributed by atoms with E-state index < -0.39 is 0 Å². The highest BCUT2D eigenvalue weighted by Crippen LogP contribution is 2.61. The molecular weight excluding hydrogens is 803 g/mol. The topological polar surface area (TPSA) is 21.7 Å². The van der Waals surface area contributed by atoms with Gasteiger partial charge in [-0.15, -0.1) is 0 Å². The third-order valence-electron chi connectivity index (χ3n) is 13.4. The predicted molar refractivity (Wildman–Crippen MR) is 275 cm³/mol. The zero-order valence-corrected chi connectivity index (χ0v) is 37.4. The van der Waals surface area contributed by atoms with E-state index in [9.17, 15) is 0 Å². The molecule has 0 bridgehead atoms.